The van der Waals surface area contributed by atoms with Gasteiger partial charge < -0.3 is 9.84 Å². The highest BCUT2D eigenvalue weighted by Crippen LogP contribution is 2.29. The Morgan fingerprint density at radius 2 is 1.53 bits per heavy atom. The van der Waals surface area contributed by atoms with Gasteiger partial charge in [0.15, 0.2) is 5.60 Å². The molecule has 0 radical (unpaired) electrons. The van der Waals surface area contributed by atoms with Gasteiger partial charge in [-0.15, -0.1) is 0 Å². The first-order valence-corrected chi connectivity index (χ1v) is 10.0. The number of nitrogens with zero attached hydrogens (tertiary/aromatic N) is 1. The third kappa shape index (κ3) is 4.93. The number of unbranched alkanes of at least 4 members (excludes halogenated alkanes) is 1. The minimum absolute atomic E-state index is 0.465. The van der Waals surface area contributed by atoms with Crippen molar-refractivity contribution < 1.29 is 14.6 Å². The molecular weight excluding hydrogens is 376 g/mol. The average molecular weight is 402 g/mol. The van der Waals surface area contributed by atoms with E-state index in [0.717, 1.165) is 18.4 Å². The van der Waals surface area contributed by atoms with E-state index in [1.165, 1.54) is 6.21 Å². The summed E-state index contributed by atoms with van der Waals surface area (Å²) < 4.78 is 5.79. The van der Waals surface area contributed by atoms with Crippen LogP contribution in [0.15, 0.2) is 90.0 Å². The van der Waals surface area contributed by atoms with Gasteiger partial charge in [-0.25, -0.2) is 5.43 Å². The maximum absolute atomic E-state index is 13.0. The molecule has 0 unspecified atom stereocenters. The molecule has 0 aliphatic carbocycles. The Bertz CT molecular complexity index is 932. The van der Waals surface area contributed by atoms with Crippen molar-refractivity contribution in [3.8, 4) is 5.75 Å². The molecule has 0 bridgehead atoms. The van der Waals surface area contributed by atoms with Crippen LogP contribution in [0.2, 0.25) is 0 Å². The lowest BCUT2D eigenvalue weighted by atomic mass is 9.85. The van der Waals surface area contributed by atoms with Crippen molar-refractivity contribution in [3.63, 3.8) is 0 Å². The van der Waals surface area contributed by atoms with Crippen LogP contribution in [0.25, 0.3) is 0 Å². The van der Waals surface area contributed by atoms with Gasteiger partial charge in [0.1, 0.15) is 5.75 Å². The van der Waals surface area contributed by atoms with Gasteiger partial charge in [-0.05, 0) is 29.7 Å². The summed E-state index contributed by atoms with van der Waals surface area (Å²) in [4.78, 5) is 13.0. The van der Waals surface area contributed by atoms with Crippen molar-refractivity contribution in [2.24, 2.45) is 5.10 Å². The highest BCUT2D eigenvalue weighted by molar-refractivity contribution is 5.91. The highest BCUT2D eigenvalue weighted by atomic mass is 16.5. The lowest BCUT2D eigenvalue weighted by molar-refractivity contribution is -0.136. The molecule has 0 aromatic heterocycles. The fourth-order valence-electron chi connectivity index (χ4n) is 3.07. The molecule has 5 heteroatoms. The molecule has 3 aromatic carbocycles. The number of rotatable bonds is 9. The van der Waals surface area contributed by atoms with Crippen molar-refractivity contribution in [2.45, 2.75) is 25.4 Å². The Labute approximate surface area is 177 Å². The fraction of sp³-hybridized carbons (Fsp3) is 0.200. The molecule has 0 heterocycles. The number of hydrogen-bond donors (Lipinski definition) is 2. The zero-order valence-electron chi connectivity index (χ0n) is 17.0. The van der Waals surface area contributed by atoms with Gasteiger partial charge in [0.25, 0.3) is 5.91 Å². The first kappa shape index (κ1) is 21.3. The summed E-state index contributed by atoms with van der Waals surface area (Å²) in [5, 5.41) is 15.5. The summed E-state index contributed by atoms with van der Waals surface area (Å²) in [6.45, 7) is 2.72. The Balaban J connectivity index is 1.81. The van der Waals surface area contributed by atoms with Gasteiger partial charge >= 0.3 is 0 Å². The second-order valence-electron chi connectivity index (χ2n) is 6.88. The van der Waals surface area contributed by atoms with Crippen LogP contribution in [0.3, 0.4) is 0 Å². The molecule has 2 N–H and O–H groups in total. The third-order valence-corrected chi connectivity index (χ3v) is 4.76. The SMILES string of the molecule is CCCCOc1ccccc1/C=N\NC(=O)C(O)(c1ccccc1)c1ccccc1. The van der Waals surface area contributed by atoms with Crippen molar-refractivity contribution >= 4 is 12.1 Å². The van der Waals surface area contributed by atoms with Crippen LogP contribution < -0.4 is 10.2 Å². The Hall–Kier alpha value is -3.44. The van der Waals surface area contributed by atoms with Crippen LogP contribution in [0.1, 0.15) is 36.5 Å². The number of aliphatic hydroxyl groups is 1. The molecule has 3 rings (SSSR count). The lowest BCUT2D eigenvalue weighted by Crippen LogP contribution is -2.43. The number of ether oxygens (including phenoxy) is 1. The van der Waals surface area contributed by atoms with Crippen LogP contribution in [0, 0.1) is 0 Å². The van der Waals surface area contributed by atoms with E-state index in [4.69, 9.17) is 4.74 Å². The molecule has 3 aromatic rings. The van der Waals surface area contributed by atoms with Crippen LogP contribution in [0.5, 0.6) is 5.75 Å². The molecule has 5 nitrogen and oxygen atoms in total. The summed E-state index contributed by atoms with van der Waals surface area (Å²) in [6.07, 6.45) is 3.53. The predicted octanol–water partition coefficient (Wildman–Crippen LogP) is 4.25. The van der Waals surface area contributed by atoms with E-state index in [1.54, 1.807) is 48.5 Å². The summed E-state index contributed by atoms with van der Waals surface area (Å²) in [7, 11) is 0. The Morgan fingerprint density at radius 1 is 0.967 bits per heavy atom. The zero-order valence-corrected chi connectivity index (χ0v) is 17.0. The standard InChI is InChI=1S/C25H26N2O3/c1-2-3-18-30-23-17-11-10-12-20(23)19-26-27-24(28)25(29,21-13-6-4-7-14-21)22-15-8-5-9-16-22/h4-17,19,29H,2-3,18H2,1H3,(H,27,28)/b26-19-. The number of benzene rings is 3. The second-order valence-corrected chi connectivity index (χ2v) is 6.88. The Morgan fingerprint density at radius 3 is 2.13 bits per heavy atom. The summed E-state index contributed by atoms with van der Waals surface area (Å²) in [5.74, 6) is 0.0610. The first-order chi connectivity index (χ1) is 14.7. The third-order valence-electron chi connectivity index (χ3n) is 4.76. The molecule has 0 fully saturated rings. The number of carbonyl (C=O) groups is 1. The fourth-order valence-corrected chi connectivity index (χ4v) is 3.07. The number of hydrogen-bond acceptors (Lipinski definition) is 4. The summed E-state index contributed by atoms with van der Waals surface area (Å²) in [5.41, 5.74) is 2.30. The molecular formula is C25H26N2O3. The minimum Gasteiger partial charge on any atom is -0.493 e. The molecule has 0 saturated carbocycles. The van der Waals surface area contributed by atoms with Crippen LogP contribution in [-0.4, -0.2) is 23.8 Å². The highest BCUT2D eigenvalue weighted by Gasteiger charge is 2.39. The van der Waals surface area contributed by atoms with Gasteiger partial charge in [0, 0.05) is 5.56 Å². The van der Waals surface area contributed by atoms with Crippen LogP contribution in [-0.2, 0) is 10.4 Å². The van der Waals surface area contributed by atoms with E-state index in [0.29, 0.717) is 23.5 Å². The molecule has 0 aliphatic rings. The van der Waals surface area contributed by atoms with E-state index >= 15 is 0 Å². The Kier molecular flexibility index (Phi) is 7.35. The van der Waals surface area contributed by atoms with Crippen molar-refractivity contribution in [1.29, 1.82) is 0 Å². The number of amides is 1. The number of carbonyl (C=O) groups excluding carboxylic acids is 1. The second kappa shape index (κ2) is 10.4. The zero-order chi connectivity index (χ0) is 21.2. The molecule has 0 atom stereocenters. The van der Waals surface area contributed by atoms with Crippen LogP contribution >= 0.6 is 0 Å². The normalized spacial score (nSPS) is 11.4. The molecule has 0 aliphatic heterocycles. The molecule has 1 amide bonds. The molecule has 0 spiro atoms. The maximum Gasteiger partial charge on any atom is 0.281 e. The van der Waals surface area contributed by atoms with Gasteiger partial charge in [-0.3, -0.25) is 4.79 Å². The van der Waals surface area contributed by atoms with E-state index in [1.807, 2.05) is 36.4 Å². The van der Waals surface area contributed by atoms with Crippen molar-refractivity contribution in [2.75, 3.05) is 6.61 Å². The van der Waals surface area contributed by atoms with Gasteiger partial charge in [-0.2, -0.15) is 5.10 Å². The molecule has 30 heavy (non-hydrogen) atoms. The number of nitrogens with one attached hydrogen (secondary N) is 1. The largest absolute Gasteiger partial charge is 0.493 e. The quantitative estimate of drug-likeness (QED) is 0.319. The summed E-state index contributed by atoms with van der Waals surface area (Å²) >= 11 is 0. The smallest absolute Gasteiger partial charge is 0.281 e. The van der Waals surface area contributed by atoms with E-state index in [9.17, 15) is 9.90 Å². The number of para-hydroxylation sites is 1. The topological polar surface area (TPSA) is 70.9 Å². The summed E-state index contributed by atoms with van der Waals surface area (Å²) in [6, 6.07) is 25.1. The van der Waals surface area contributed by atoms with Crippen molar-refractivity contribution in [1.82, 2.24) is 5.43 Å². The van der Waals surface area contributed by atoms with E-state index < -0.39 is 11.5 Å². The lowest BCUT2D eigenvalue weighted by Gasteiger charge is -2.27. The monoisotopic (exact) mass is 402 g/mol. The first-order valence-electron chi connectivity index (χ1n) is 10.0. The minimum atomic E-state index is -1.86. The van der Waals surface area contributed by atoms with Gasteiger partial charge in [0.2, 0.25) is 0 Å². The average Bonchev–Trinajstić information content (AvgIpc) is 2.80. The molecule has 154 valence electrons. The van der Waals surface area contributed by atoms with E-state index in [2.05, 4.69) is 17.5 Å². The maximum atomic E-state index is 13.0. The molecule has 0 saturated heterocycles. The van der Waals surface area contributed by atoms with Crippen LogP contribution in [0.4, 0.5) is 0 Å². The van der Waals surface area contributed by atoms with Crippen molar-refractivity contribution in [3.05, 3.63) is 102 Å². The van der Waals surface area contributed by atoms with E-state index in [-0.39, 0.29) is 0 Å². The van der Waals surface area contributed by atoms with Gasteiger partial charge in [-0.1, -0.05) is 86.1 Å². The van der Waals surface area contributed by atoms with Gasteiger partial charge in [0.05, 0.1) is 12.8 Å². The predicted molar refractivity (Wildman–Crippen MR) is 118 cm³/mol. The number of hydrazone groups is 1.